The molecular formula is C28H31FN6O4S. The minimum absolute atomic E-state index is 0.0606. The number of aryl methyl sites for hydroxylation is 1. The van der Waals surface area contributed by atoms with Crippen molar-refractivity contribution in [2.24, 2.45) is 5.41 Å². The summed E-state index contributed by atoms with van der Waals surface area (Å²) < 4.78 is 48.4. The normalized spacial score (nSPS) is 15.7. The Labute approximate surface area is 232 Å². The molecule has 1 saturated carbocycles. The van der Waals surface area contributed by atoms with Crippen LogP contribution in [0.4, 0.5) is 10.2 Å². The molecule has 4 aromatic rings. The van der Waals surface area contributed by atoms with Crippen molar-refractivity contribution in [3.05, 3.63) is 60.6 Å². The minimum Gasteiger partial charge on any atom is -0.466 e. The van der Waals surface area contributed by atoms with E-state index in [4.69, 9.17) is 4.74 Å². The van der Waals surface area contributed by atoms with E-state index in [1.54, 1.807) is 19.1 Å². The summed E-state index contributed by atoms with van der Waals surface area (Å²) in [7, 11) is -4.02. The first kappa shape index (κ1) is 27.6. The molecule has 40 heavy (non-hydrogen) atoms. The second-order valence-corrected chi connectivity index (χ2v) is 12.2. The molecule has 0 amide bonds. The first-order valence-corrected chi connectivity index (χ1v) is 14.6. The molecule has 1 atom stereocenters. The predicted octanol–water partition coefficient (Wildman–Crippen LogP) is 4.89. The summed E-state index contributed by atoms with van der Waals surface area (Å²) in [5.41, 5.74) is 1.14. The fraction of sp³-hybridized carbons (Fsp3) is 0.393. The highest BCUT2D eigenvalue weighted by molar-refractivity contribution is 7.90. The van der Waals surface area contributed by atoms with Crippen LogP contribution in [-0.2, 0) is 19.6 Å². The van der Waals surface area contributed by atoms with E-state index in [2.05, 4.69) is 32.2 Å². The Hall–Kier alpha value is -3.93. The second-order valence-electron chi connectivity index (χ2n) is 10.4. The number of carbonyl (C=O) groups is 1. The molecule has 0 radical (unpaired) electrons. The minimum atomic E-state index is -4.02. The predicted molar refractivity (Wildman–Crippen MR) is 148 cm³/mol. The van der Waals surface area contributed by atoms with E-state index in [1.165, 1.54) is 30.9 Å². The van der Waals surface area contributed by atoms with Gasteiger partial charge in [-0.25, -0.2) is 36.7 Å². The lowest BCUT2D eigenvalue weighted by molar-refractivity contribution is -0.144. The van der Waals surface area contributed by atoms with Crippen molar-refractivity contribution in [2.45, 2.75) is 63.8 Å². The Balaban J connectivity index is 1.56. The number of anilines is 1. The van der Waals surface area contributed by atoms with Gasteiger partial charge in [0, 0.05) is 29.4 Å². The van der Waals surface area contributed by atoms with Gasteiger partial charge in [0.25, 0.3) is 10.0 Å². The molecule has 1 fully saturated rings. The Bertz CT molecular complexity index is 1650. The summed E-state index contributed by atoms with van der Waals surface area (Å²) in [5.74, 6) is -1.05. The summed E-state index contributed by atoms with van der Waals surface area (Å²) in [6, 6.07) is 6.07. The second kappa shape index (κ2) is 10.9. The van der Waals surface area contributed by atoms with Crippen molar-refractivity contribution < 1.29 is 22.3 Å². The van der Waals surface area contributed by atoms with Gasteiger partial charge in [-0.05, 0) is 44.2 Å². The zero-order chi connectivity index (χ0) is 28.5. The van der Waals surface area contributed by atoms with E-state index in [1.807, 2.05) is 6.92 Å². The van der Waals surface area contributed by atoms with Crippen molar-refractivity contribution in [3.8, 4) is 11.4 Å². The maximum atomic E-state index is 15.1. The fourth-order valence-corrected chi connectivity index (χ4v) is 6.60. The van der Waals surface area contributed by atoms with Crippen molar-refractivity contribution in [2.75, 3.05) is 11.9 Å². The number of benzene rings is 1. The SMILES string of the molecule is CCOC(=O)CC(Nc1nc(-c2cn(S(=O)(=O)c3ccc(C)cc3)c3ncncc23)ncc1F)C1(C)CCCC1. The molecule has 0 aliphatic heterocycles. The zero-order valence-electron chi connectivity index (χ0n) is 22.6. The van der Waals surface area contributed by atoms with Gasteiger partial charge in [0.2, 0.25) is 0 Å². The number of esters is 1. The number of fused-ring (bicyclic) bond motifs is 1. The molecule has 1 aliphatic carbocycles. The molecule has 1 unspecified atom stereocenters. The molecule has 0 spiro atoms. The third-order valence-corrected chi connectivity index (χ3v) is 9.24. The van der Waals surface area contributed by atoms with Crippen LogP contribution in [0.25, 0.3) is 22.4 Å². The maximum Gasteiger partial charge on any atom is 0.307 e. The molecule has 1 aliphatic rings. The molecule has 210 valence electrons. The zero-order valence-corrected chi connectivity index (χ0v) is 23.4. The maximum absolute atomic E-state index is 15.1. The van der Waals surface area contributed by atoms with E-state index >= 15 is 4.39 Å². The van der Waals surface area contributed by atoms with Crippen molar-refractivity contribution in [1.29, 1.82) is 0 Å². The van der Waals surface area contributed by atoms with Crippen molar-refractivity contribution in [3.63, 3.8) is 0 Å². The van der Waals surface area contributed by atoms with Crippen molar-refractivity contribution >= 4 is 32.8 Å². The van der Waals surface area contributed by atoms with E-state index in [0.29, 0.717) is 10.9 Å². The molecule has 1 aromatic carbocycles. The van der Waals surface area contributed by atoms with Gasteiger partial charge < -0.3 is 10.1 Å². The van der Waals surface area contributed by atoms with Crippen LogP contribution in [0.1, 0.15) is 51.5 Å². The van der Waals surface area contributed by atoms with Crippen LogP contribution in [0.2, 0.25) is 0 Å². The van der Waals surface area contributed by atoms with Crippen LogP contribution < -0.4 is 5.32 Å². The Morgan fingerprint density at radius 1 is 1.18 bits per heavy atom. The number of hydrogen-bond donors (Lipinski definition) is 1. The Morgan fingerprint density at radius 3 is 2.60 bits per heavy atom. The number of carbonyl (C=O) groups excluding carboxylic acids is 1. The molecular weight excluding hydrogens is 535 g/mol. The number of hydrogen-bond acceptors (Lipinski definition) is 9. The third kappa shape index (κ3) is 5.27. The third-order valence-electron chi connectivity index (χ3n) is 7.57. The smallest absolute Gasteiger partial charge is 0.307 e. The van der Waals surface area contributed by atoms with Gasteiger partial charge in [-0.2, -0.15) is 0 Å². The summed E-state index contributed by atoms with van der Waals surface area (Å²) in [4.78, 5) is 29.4. The molecule has 3 heterocycles. The lowest BCUT2D eigenvalue weighted by Crippen LogP contribution is -2.39. The summed E-state index contributed by atoms with van der Waals surface area (Å²) in [5, 5.41) is 3.55. The van der Waals surface area contributed by atoms with E-state index in [0.717, 1.165) is 41.4 Å². The van der Waals surface area contributed by atoms with Gasteiger partial charge in [-0.15, -0.1) is 0 Å². The fourth-order valence-electron chi connectivity index (χ4n) is 5.27. The lowest BCUT2D eigenvalue weighted by atomic mass is 9.79. The van der Waals surface area contributed by atoms with Crippen LogP contribution in [0, 0.1) is 18.2 Å². The van der Waals surface area contributed by atoms with Crippen LogP contribution in [0.3, 0.4) is 0 Å². The average molecular weight is 567 g/mol. The molecule has 1 N–H and O–H groups in total. The molecule has 5 rings (SSSR count). The molecule has 10 nitrogen and oxygen atoms in total. The number of nitrogens with zero attached hydrogens (tertiary/aromatic N) is 5. The summed E-state index contributed by atoms with van der Waals surface area (Å²) in [6.45, 7) is 5.95. The van der Waals surface area contributed by atoms with E-state index in [9.17, 15) is 13.2 Å². The highest BCUT2D eigenvalue weighted by Gasteiger charge is 2.39. The lowest BCUT2D eigenvalue weighted by Gasteiger charge is -2.34. The number of ether oxygens (including phenoxy) is 1. The number of halogens is 1. The summed E-state index contributed by atoms with van der Waals surface area (Å²) >= 11 is 0. The molecule has 0 bridgehead atoms. The Morgan fingerprint density at radius 2 is 1.90 bits per heavy atom. The van der Waals surface area contributed by atoms with Crippen LogP contribution in [0.15, 0.2) is 54.1 Å². The van der Waals surface area contributed by atoms with Crippen molar-refractivity contribution in [1.82, 2.24) is 23.9 Å². The van der Waals surface area contributed by atoms with Crippen LogP contribution >= 0.6 is 0 Å². The van der Waals surface area contributed by atoms with Gasteiger partial charge in [0.1, 0.15) is 6.33 Å². The first-order valence-electron chi connectivity index (χ1n) is 13.2. The van der Waals surface area contributed by atoms with Crippen LogP contribution in [-0.4, -0.2) is 50.9 Å². The van der Waals surface area contributed by atoms with Crippen LogP contribution in [0.5, 0.6) is 0 Å². The quantitative estimate of drug-likeness (QED) is 0.282. The largest absolute Gasteiger partial charge is 0.466 e. The number of rotatable bonds is 9. The number of aromatic nitrogens is 5. The number of nitrogens with one attached hydrogen (secondary N) is 1. The van der Waals surface area contributed by atoms with Gasteiger partial charge in [-0.1, -0.05) is 37.5 Å². The monoisotopic (exact) mass is 566 g/mol. The first-order chi connectivity index (χ1) is 19.1. The van der Waals surface area contributed by atoms with Gasteiger partial charge in [-0.3, -0.25) is 4.79 Å². The molecule has 3 aromatic heterocycles. The van der Waals surface area contributed by atoms with Gasteiger partial charge in [0.05, 0.1) is 24.1 Å². The topological polar surface area (TPSA) is 129 Å². The standard InChI is InChI=1S/C28H31FN6O4S/c1-4-39-24(36)13-23(28(3)11-5-6-12-28)33-26-22(29)15-31-25(34-26)21-16-35(27-20(21)14-30-17-32-27)40(37,38)19-9-7-18(2)8-10-19/h7-10,14-17,23H,4-6,11-13H2,1-3H3,(H,31,33,34). The molecule has 0 saturated heterocycles. The Kier molecular flexibility index (Phi) is 7.54. The van der Waals surface area contributed by atoms with Gasteiger partial charge in [0.15, 0.2) is 23.1 Å². The van der Waals surface area contributed by atoms with Gasteiger partial charge >= 0.3 is 5.97 Å². The van der Waals surface area contributed by atoms with E-state index in [-0.39, 0.29) is 46.6 Å². The highest BCUT2D eigenvalue weighted by Crippen LogP contribution is 2.43. The average Bonchev–Trinajstić information content (AvgIpc) is 3.55. The summed E-state index contributed by atoms with van der Waals surface area (Å²) in [6.07, 6.45) is 9.00. The highest BCUT2D eigenvalue weighted by atomic mass is 32.2. The van der Waals surface area contributed by atoms with E-state index < -0.39 is 21.9 Å². The molecule has 12 heteroatoms.